The van der Waals surface area contributed by atoms with Gasteiger partial charge in [0.05, 0.1) is 6.04 Å². The highest BCUT2D eigenvalue weighted by molar-refractivity contribution is 6.30. The van der Waals surface area contributed by atoms with E-state index in [1.54, 1.807) is 12.1 Å². The number of urea groups is 1. The van der Waals surface area contributed by atoms with Crippen LogP contribution in [-0.2, 0) is 16.1 Å². The molecule has 6 nitrogen and oxygen atoms in total. The van der Waals surface area contributed by atoms with Gasteiger partial charge in [-0.05, 0) is 55.2 Å². The Hall–Kier alpha value is -2.57. The smallest absolute Gasteiger partial charge is 0.319 e. The Balaban J connectivity index is 1.47. The molecule has 0 radical (unpaired) electrons. The lowest BCUT2D eigenvalue weighted by Gasteiger charge is -2.17. The Kier molecular flexibility index (Phi) is 6.90. The average Bonchev–Trinajstić information content (AvgIpc) is 3.23. The molecule has 0 spiro atoms. The van der Waals surface area contributed by atoms with Gasteiger partial charge in [0, 0.05) is 23.9 Å². The molecule has 0 aromatic heterocycles. The Labute approximate surface area is 169 Å². The van der Waals surface area contributed by atoms with Crippen LogP contribution in [0.4, 0.5) is 10.5 Å². The molecule has 7 heteroatoms. The van der Waals surface area contributed by atoms with Crippen molar-refractivity contribution in [3.8, 4) is 0 Å². The third kappa shape index (κ3) is 5.71. The van der Waals surface area contributed by atoms with Crippen molar-refractivity contribution in [1.29, 1.82) is 0 Å². The fourth-order valence-corrected chi connectivity index (χ4v) is 3.12. The average molecular weight is 402 g/mol. The fourth-order valence-electron chi connectivity index (χ4n) is 2.99. The molecule has 0 aliphatic carbocycles. The number of hydrogen-bond acceptors (Lipinski definition) is 3. The van der Waals surface area contributed by atoms with Gasteiger partial charge in [-0.2, -0.15) is 0 Å². The van der Waals surface area contributed by atoms with E-state index in [-0.39, 0.29) is 24.1 Å². The van der Waals surface area contributed by atoms with E-state index in [0.29, 0.717) is 23.9 Å². The van der Waals surface area contributed by atoms with Gasteiger partial charge in [0.2, 0.25) is 5.91 Å². The zero-order valence-electron chi connectivity index (χ0n) is 15.7. The Morgan fingerprint density at radius 1 is 1.14 bits per heavy atom. The highest BCUT2D eigenvalue weighted by Gasteiger charge is 2.24. The third-order valence-electron chi connectivity index (χ3n) is 4.62. The van der Waals surface area contributed by atoms with E-state index in [0.717, 1.165) is 24.0 Å². The molecule has 0 unspecified atom stereocenters. The summed E-state index contributed by atoms with van der Waals surface area (Å²) in [4.78, 5) is 24.2. The van der Waals surface area contributed by atoms with Gasteiger partial charge in [-0.25, -0.2) is 4.79 Å². The number of nitrogens with one attached hydrogen (secondary N) is 3. The van der Waals surface area contributed by atoms with Crippen LogP contribution >= 0.6 is 11.6 Å². The Bertz CT molecular complexity index is 803. The second-order valence-electron chi connectivity index (χ2n) is 6.79. The van der Waals surface area contributed by atoms with Crippen molar-refractivity contribution in [3.05, 3.63) is 64.7 Å². The topological polar surface area (TPSA) is 79.5 Å². The molecule has 0 bridgehead atoms. The molecule has 28 heavy (non-hydrogen) atoms. The van der Waals surface area contributed by atoms with E-state index >= 15 is 0 Å². The molecule has 3 N–H and O–H groups in total. The molecule has 1 heterocycles. The van der Waals surface area contributed by atoms with E-state index in [4.69, 9.17) is 16.3 Å². The Morgan fingerprint density at radius 2 is 1.86 bits per heavy atom. The maximum atomic E-state index is 12.1. The molecule has 0 saturated carbocycles. The number of ether oxygens (including phenoxy) is 1. The van der Waals surface area contributed by atoms with Gasteiger partial charge in [0.15, 0.2) is 0 Å². The molecule has 1 fully saturated rings. The first-order chi connectivity index (χ1) is 13.5. The summed E-state index contributed by atoms with van der Waals surface area (Å²) < 4.78 is 5.40. The van der Waals surface area contributed by atoms with Crippen LogP contribution in [0.1, 0.15) is 36.9 Å². The van der Waals surface area contributed by atoms with Crippen LogP contribution < -0.4 is 16.0 Å². The molecular weight excluding hydrogens is 378 g/mol. The molecule has 2 atom stereocenters. The van der Waals surface area contributed by atoms with Crippen LogP contribution in [-0.4, -0.2) is 24.6 Å². The molecule has 2 aromatic carbocycles. The summed E-state index contributed by atoms with van der Waals surface area (Å²) in [5, 5.41) is 9.22. The monoisotopic (exact) mass is 401 g/mol. The minimum Gasteiger partial charge on any atom is -0.368 e. The van der Waals surface area contributed by atoms with Crippen LogP contribution in [0, 0.1) is 0 Å². The maximum absolute atomic E-state index is 12.1. The van der Waals surface area contributed by atoms with Crippen LogP contribution in [0.25, 0.3) is 0 Å². The van der Waals surface area contributed by atoms with Crippen molar-refractivity contribution in [2.45, 2.75) is 38.5 Å². The predicted molar refractivity (Wildman–Crippen MR) is 109 cm³/mol. The molecule has 2 aromatic rings. The second kappa shape index (κ2) is 9.57. The number of anilines is 1. The summed E-state index contributed by atoms with van der Waals surface area (Å²) in [6, 6.07) is 14.3. The van der Waals surface area contributed by atoms with Crippen LogP contribution in [0.3, 0.4) is 0 Å². The fraction of sp³-hybridized carbons (Fsp3) is 0.333. The van der Waals surface area contributed by atoms with Gasteiger partial charge in [-0.3, -0.25) is 4.79 Å². The third-order valence-corrected chi connectivity index (χ3v) is 4.87. The lowest BCUT2D eigenvalue weighted by molar-refractivity contribution is -0.130. The Morgan fingerprint density at radius 3 is 2.50 bits per heavy atom. The SMILES string of the molecule is C[C@H](NC(=O)[C@@H]1CCCO1)c1ccc(NC(=O)NCc2ccc(Cl)cc2)cc1. The van der Waals surface area contributed by atoms with Crippen molar-refractivity contribution in [2.75, 3.05) is 11.9 Å². The van der Waals surface area contributed by atoms with Crippen LogP contribution in [0.5, 0.6) is 0 Å². The molecule has 3 rings (SSSR count). The number of halogens is 1. The van der Waals surface area contributed by atoms with Gasteiger partial charge in [-0.1, -0.05) is 35.9 Å². The van der Waals surface area contributed by atoms with Crippen molar-refractivity contribution in [1.82, 2.24) is 10.6 Å². The van der Waals surface area contributed by atoms with Crippen molar-refractivity contribution in [3.63, 3.8) is 0 Å². The number of amides is 3. The molecule has 148 valence electrons. The maximum Gasteiger partial charge on any atom is 0.319 e. The largest absolute Gasteiger partial charge is 0.368 e. The van der Waals surface area contributed by atoms with Gasteiger partial charge in [-0.15, -0.1) is 0 Å². The second-order valence-corrected chi connectivity index (χ2v) is 7.22. The highest BCUT2D eigenvalue weighted by Crippen LogP contribution is 2.18. The molecular formula is C21H24ClN3O3. The molecule has 3 amide bonds. The normalized spacial score (nSPS) is 17.0. The minimum absolute atomic E-state index is 0.0752. The summed E-state index contributed by atoms with van der Waals surface area (Å²) in [5.41, 5.74) is 2.60. The first kappa shape index (κ1) is 20.2. The molecule has 1 aliphatic heterocycles. The van der Waals surface area contributed by atoms with Gasteiger partial charge in [0.25, 0.3) is 0 Å². The summed E-state index contributed by atoms with van der Waals surface area (Å²) >= 11 is 5.85. The lowest BCUT2D eigenvalue weighted by Crippen LogP contribution is -2.35. The number of carbonyl (C=O) groups excluding carboxylic acids is 2. The van der Waals surface area contributed by atoms with Gasteiger partial charge in [0.1, 0.15) is 6.10 Å². The van der Waals surface area contributed by atoms with E-state index in [2.05, 4.69) is 16.0 Å². The highest BCUT2D eigenvalue weighted by atomic mass is 35.5. The predicted octanol–water partition coefficient (Wildman–Crippen LogP) is 4.02. The number of hydrogen-bond donors (Lipinski definition) is 3. The van der Waals surface area contributed by atoms with Crippen molar-refractivity contribution < 1.29 is 14.3 Å². The van der Waals surface area contributed by atoms with E-state index in [1.165, 1.54) is 0 Å². The summed E-state index contributed by atoms with van der Waals surface area (Å²) in [5.74, 6) is -0.0752. The van der Waals surface area contributed by atoms with Crippen LogP contribution in [0.15, 0.2) is 48.5 Å². The first-order valence-electron chi connectivity index (χ1n) is 9.32. The van der Waals surface area contributed by atoms with Crippen LogP contribution in [0.2, 0.25) is 5.02 Å². The van der Waals surface area contributed by atoms with Crippen molar-refractivity contribution in [2.24, 2.45) is 0 Å². The summed E-state index contributed by atoms with van der Waals surface area (Å²) in [6.07, 6.45) is 1.35. The standard InChI is InChI=1S/C21H24ClN3O3/c1-14(24-20(26)19-3-2-12-28-19)16-6-10-18(11-7-16)25-21(27)23-13-15-4-8-17(22)9-5-15/h4-11,14,19H,2-3,12-13H2,1H3,(H,24,26)(H2,23,25,27)/t14-,19-/m0/s1. The first-order valence-corrected chi connectivity index (χ1v) is 9.70. The summed E-state index contributed by atoms with van der Waals surface area (Å²) in [7, 11) is 0. The summed E-state index contributed by atoms with van der Waals surface area (Å²) in [6.45, 7) is 2.98. The lowest BCUT2D eigenvalue weighted by atomic mass is 10.1. The van der Waals surface area contributed by atoms with E-state index in [1.807, 2.05) is 43.3 Å². The van der Waals surface area contributed by atoms with Crippen molar-refractivity contribution >= 4 is 29.2 Å². The molecule has 1 aliphatic rings. The number of benzene rings is 2. The van der Waals surface area contributed by atoms with Gasteiger partial charge >= 0.3 is 6.03 Å². The van der Waals surface area contributed by atoms with E-state index < -0.39 is 0 Å². The zero-order valence-corrected chi connectivity index (χ0v) is 16.5. The zero-order chi connectivity index (χ0) is 19.9. The number of carbonyl (C=O) groups is 2. The van der Waals surface area contributed by atoms with E-state index in [9.17, 15) is 9.59 Å². The molecule has 1 saturated heterocycles. The van der Waals surface area contributed by atoms with Gasteiger partial charge < -0.3 is 20.7 Å². The minimum atomic E-state index is -0.340. The quantitative estimate of drug-likeness (QED) is 0.684. The number of rotatable bonds is 6.